The van der Waals surface area contributed by atoms with Crippen LogP contribution in [0, 0.1) is 0 Å². The van der Waals surface area contributed by atoms with Gasteiger partial charge >= 0.3 is 12.1 Å². The average Bonchev–Trinajstić information content (AvgIpc) is 2.88. The monoisotopic (exact) mass is 585 g/mol. The van der Waals surface area contributed by atoms with E-state index in [4.69, 9.17) is 9.47 Å². The zero-order chi connectivity index (χ0) is 31.7. The van der Waals surface area contributed by atoms with E-state index >= 15 is 0 Å². The Morgan fingerprint density at radius 2 is 1.48 bits per heavy atom. The highest BCUT2D eigenvalue weighted by Crippen LogP contribution is 2.26. The quantitative estimate of drug-likeness (QED) is 0.293. The largest absolute Gasteiger partial charge is 0.508 e. The van der Waals surface area contributed by atoms with Crippen molar-refractivity contribution in [3.05, 3.63) is 65.7 Å². The van der Waals surface area contributed by atoms with Crippen molar-refractivity contribution >= 4 is 23.9 Å². The molecule has 0 saturated heterocycles. The molecule has 2 aromatic rings. The van der Waals surface area contributed by atoms with E-state index in [1.165, 1.54) is 18.2 Å². The third-order valence-electron chi connectivity index (χ3n) is 5.83. The Hall–Kier alpha value is -4.12. The second-order valence-corrected chi connectivity index (χ2v) is 11.8. The van der Waals surface area contributed by atoms with Crippen molar-refractivity contribution in [3.8, 4) is 5.75 Å². The van der Waals surface area contributed by atoms with Crippen LogP contribution in [0.4, 0.5) is 4.79 Å². The highest BCUT2D eigenvalue weighted by atomic mass is 16.6. The van der Waals surface area contributed by atoms with Crippen molar-refractivity contribution in [1.82, 2.24) is 15.5 Å². The van der Waals surface area contributed by atoms with Crippen LogP contribution in [0.2, 0.25) is 0 Å². The summed E-state index contributed by atoms with van der Waals surface area (Å²) in [6.07, 6.45) is -0.800. The van der Waals surface area contributed by atoms with E-state index < -0.39 is 59.8 Å². The van der Waals surface area contributed by atoms with E-state index in [1.54, 1.807) is 54.5 Å². The predicted molar refractivity (Wildman–Crippen MR) is 156 cm³/mol. The number of hydrogen-bond acceptors (Lipinski definition) is 8. The summed E-state index contributed by atoms with van der Waals surface area (Å²) < 4.78 is 10.8. The van der Waals surface area contributed by atoms with Crippen LogP contribution < -0.4 is 10.6 Å². The molecule has 0 aliphatic carbocycles. The number of aliphatic hydroxyl groups excluding tert-OH is 1. The van der Waals surface area contributed by atoms with E-state index in [-0.39, 0.29) is 24.3 Å². The highest BCUT2D eigenvalue weighted by molar-refractivity contribution is 5.94. The minimum atomic E-state index is -1.43. The number of ether oxygens (including phenoxy) is 2. The Bertz CT molecular complexity index is 1220. The topological polar surface area (TPSA) is 154 Å². The maximum atomic E-state index is 14.0. The standard InChI is InChI=1S/C31H43N3O8/c1-8-34(27(38)24(19-35)33-29(40)42-31(5,6)7)25(21-15-12-16-22(36)18-21)26(37)32-23(28(39)41-30(2,3)4)17-20-13-10-9-11-14-20/h9-16,18,23-25,35-36H,8,17,19H2,1-7H3,(H,32,37)(H,33,40). The lowest BCUT2D eigenvalue weighted by Gasteiger charge is -2.34. The first-order valence-electron chi connectivity index (χ1n) is 13.8. The number of benzene rings is 2. The molecule has 3 atom stereocenters. The number of nitrogens with one attached hydrogen (secondary N) is 2. The number of amides is 3. The van der Waals surface area contributed by atoms with Crippen LogP contribution in [0.15, 0.2) is 54.6 Å². The van der Waals surface area contributed by atoms with Gasteiger partial charge in [-0.2, -0.15) is 0 Å². The number of aliphatic hydroxyl groups is 1. The molecule has 0 aromatic heterocycles. The Kier molecular flexibility index (Phi) is 11.9. The first-order valence-corrected chi connectivity index (χ1v) is 13.8. The van der Waals surface area contributed by atoms with Crippen LogP contribution in [0.5, 0.6) is 5.75 Å². The van der Waals surface area contributed by atoms with Gasteiger partial charge in [-0.05, 0) is 71.7 Å². The molecule has 11 heteroatoms. The molecule has 3 unspecified atom stereocenters. The minimum absolute atomic E-state index is 0.0190. The maximum Gasteiger partial charge on any atom is 0.408 e. The number of nitrogens with zero attached hydrogens (tertiary/aromatic N) is 1. The fourth-order valence-corrected chi connectivity index (χ4v) is 4.14. The molecular weight excluding hydrogens is 542 g/mol. The molecule has 0 heterocycles. The summed E-state index contributed by atoms with van der Waals surface area (Å²) in [4.78, 5) is 54.4. The number of phenolic OH excluding ortho intramolecular Hbond substituents is 1. The number of phenols is 1. The molecule has 0 aliphatic heterocycles. The van der Waals surface area contributed by atoms with Crippen molar-refractivity contribution in [1.29, 1.82) is 0 Å². The van der Waals surface area contributed by atoms with E-state index in [1.807, 2.05) is 30.3 Å². The number of carbonyl (C=O) groups excluding carboxylic acids is 4. The van der Waals surface area contributed by atoms with Gasteiger partial charge in [0.15, 0.2) is 0 Å². The molecule has 230 valence electrons. The lowest BCUT2D eigenvalue weighted by molar-refractivity contribution is -0.159. The van der Waals surface area contributed by atoms with E-state index in [0.29, 0.717) is 0 Å². The van der Waals surface area contributed by atoms with Crippen molar-refractivity contribution in [2.75, 3.05) is 13.2 Å². The Morgan fingerprint density at radius 3 is 2.00 bits per heavy atom. The van der Waals surface area contributed by atoms with Crippen molar-refractivity contribution < 1.29 is 38.9 Å². The van der Waals surface area contributed by atoms with Gasteiger partial charge in [-0.15, -0.1) is 0 Å². The van der Waals surface area contributed by atoms with Crippen molar-refractivity contribution in [2.45, 2.75) is 84.2 Å². The smallest absolute Gasteiger partial charge is 0.408 e. The number of rotatable bonds is 11. The molecule has 2 aromatic carbocycles. The van der Waals surface area contributed by atoms with Gasteiger partial charge in [-0.3, -0.25) is 9.59 Å². The summed E-state index contributed by atoms with van der Waals surface area (Å²) in [5.74, 6) is -2.31. The minimum Gasteiger partial charge on any atom is -0.508 e. The van der Waals surface area contributed by atoms with Gasteiger partial charge in [0.2, 0.25) is 11.8 Å². The fourth-order valence-electron chi connectivity index (χ4n) is 4.14. The van der Waals surface area contributed by atoms with Gasteiger partial charge in [0.1, 0.15) is 35.1 Å². The lowest BCUT2D eigenvalue weighted by Crippen LogP contribution is -2.55. The summed E-state index contributed by atoms with van der Waals surface area (Å²) in [6, 6.07) is 11.0. The summed E-state index contributed by atoms with van der Waals surface area (Å²) in [5.41, 5.74) is -0.655. The molecule has 0 aliphatic rings. The second-order valence-electron chi connectivity index (χ2n) is 11.8. The summed E-state index contributed by atoms with van der Waals surface area (Å²) in [6.45, 7) is 10.9. The van der Waals surface area contributed by atoms with Gasteiger partial charge in [0, 0.05) is 13.0 Å². The third kappa shape index (κ3) is 10.7. The predicted octanol–water partition coefficient (Wildman–Crippen LogP) is 3.24. The first-order chi connectivity index (χ1) is 19.5. The number of alkyl carbamates (subject to hydrolysis) is 1. The maximum absolute atomic E-state index is 14.0. The number of hydrogen-bond donors (Lipinski definition) is 4. The van der Waals surface area contributed by atoms with Crippen molar-refractivity contribution in [2.24, 2.45) is 0 Å². The number of esters is 1. The van der Waals surface area contributed by atoms with E-state index in [2.05, 4.69) is 10.6 Å². The molecule has 4 N–H and O–H groups in total. The van der Waals surface area contributed by atoms with Gasteiger partial charge in [0.25, 0.3) is 0 Å². The van der Waals surface area contributed by atoms with Gasteiger partial charge < -0.3 is 35.2 Å². The Labute approximate surface area is 247 Å². The summed E-state index contributed by atoms with van der Waals surface area (Å²) in [5, 5.41) is 25.3. The van der Waals surface area contributed by atoms with Crippen molar-refractivity contribution in [3.63, 3.8) is 0 Å². The Morgan fingerprint density at radius 1 is 0.857 bits per heavy atom. The molecule has 3 amide bonds. The lowest BCUT2D eigenvalue weighted by atomic mass is 10.0. The van der Waals surface area contributed by atoms with E-state index in [9.17, 15) is 29.4 Å². The molecule has 0 bridgehead atoms. The summed E-state index contributed by atoms with van der Waals surface area (Å²) >= 11 is 0. The number of aromatic hydroxyl groups is 1. The molecular formula is C31H43N3O8. The molecule has 0 spiro atoms. The molecule has 0 fully saturated rings. The zero-order valence-corrected chi connectivity index (χ0v) is 25.3. The fraction of sp³-hybridized carbons (Fsp3) is 0.484. The summed E-state index contributed by atoms with van der Waals surface area (Å²) in [7, 11) is 0. The first kappa shape index (κ1) is 34.1. The molecule has 11 nitrogen and oxygen atoms in total. The van der Waals surface area contributed by atoms with Gasteiger partial charge in [-0.1, -0.05) is 42.5 Å². The van der Waals surface area contributed by atoms with Crippen LogP contribution in [-0.4, -0.2) is 75.4 Å². The second kappa shape index (κ2) is 14.7. The van der Waals surface area contributed by atoms with Crippen LogP contribution in [0.1, 0.15) is 65.6 Å². The normalized spacial score (nSPS) is 13.7. The third-order valence-corrected chi connectivity index (χ3v) is 5.83. The molecule has 0 saturated carbocycles. The molecule has 2 rings (SSSR count). The van der Waals surface area contributed by atoms with Gasteiger partial charge in [0.05, 0.1) is 6.61 Å². The van der Waals surface area contributed by atoms with Crippen LogP contribution >= 0.6 is 0 Å². The average molecular weight is 586 g/mol. The van der Waals surface area contributed by atoms with Crippen LogP contribution in [-0.2, 0) is 30.3 Å². The van der Waals surface area contributed by atoms with Crippen LogP contribution in [0.25, 0.3) is 0 Å². The Balaban J connectivity index is 2.47. The molecule has 0 radical (unpaired) electrons. The SMILES string of the molecule is CCN(C(=O)C(CO)NC(=O)OC(C)(C)C)C(C(=O)NC(Cc1ccccc1)C(=O)OC(C)(C)C)c1cccc(O)c1. The highest BCUT2D eigenvalue weighted by Gasteiger charge is 2.37. The van der Waals surface area contributed by atoms with Crippen LogP contribution in [0.3, 0.4) is 0 Å². The number of likely N-dealkylation sites (N-methyl/N-ethyl adjacent to an activating group) is 1. The zero-order valence-electron chi connectivity index (χ0n) is 25.3. The van der Waals surface area contributed by atoms with E-state index in [0.717, 1.165) is 10.5 Å². The number of carbonyl (C=O) groups is 4. The molecule has 42 heavy (non-hydrogen) atoms. The van der Waals surface area contributed by atoms with Gasteiger partial charge in [-0.25, -0.2) is 9.59 Å².